The highest BCUT2D eigenvalue weighted by Gasteiger charge is 2.70. The van der Waals surface area contributed by atoms with Crippen LogP contribution in [0, 0.1) is 28.6 Å². The molecule has 0 aromatic carbocycles. The zero-order chi connectivity index (χ0) is 52.6. The monoisotopic (exact) mass is 1050 g/mol. The predicted octanol–water partition coefficient (Wildman–Crippen LogP) is 5.47. The number of fused-ring (bicyclic) bond motifs is 5. The molecule has 29 atom stereocenters. The Bertz CT molecular complexity index is 1890. The normalized spacial score (nSPS) is 54.8. The van der Waals surface area contributed by atoms with Gasteiger partial charge in [0.25, 0.3) is 0 Å². The van der Waals surface area contributed by atoms with Gasteiger partial charge in [-0.2, -0.15) is 0 Å². The van der Waals surface area contributed by atoms with Crippen molar-refractivity contribution in [3.63, 3.8) is 0 Å². The van der Waals surface area contributed by atoms with Crippen molar-refractivity contribution in [1.29, 1.82) is 0 Å². The molecule has 424 valence electrons. The van der Waals surface area contributed by atoms with Crippen molar-refractivity contribution in [1.82, 2.24) is 0 Å². The summed E-state index contributed by atoms with van der Waals surface area (Å²) >= 11 is 0. The molecule has 19 heteroatoms. The number of aliphatic hydroxyl groups is 2. The van der Waals surface area contributed by atoms with Crippen LogP contribution in [0.4, 0.5) is 0 Å². The summed E-state index contributed by atoms with van der Waals surface area (Å²) < 4.78 is 102. The minimum Gasteiger partial charge on any atom is -0.390 e. The molecule has 3 aliphatic carbocycles. The molecule has 19 nitrogen and oxygen atoms in total. The summed E-state index contributed by atoms with van der Waals surface area (Å²) in [5.74, 6) is 0.664. The van der Waals surface area contributed by atoms with Crippen LogP contribution in [0.25, 0.3) is 0 Å². The minimum absolute atomic E-state index is 0.00137. The number of carbonyl (C=O) groups excluding carboxylic acids is 1. The van der Waals surface area contributed by atoms with Crippen molar-refractivity contribution < 1.29 is 90.8 Å². The van der Waals surface area contributed by atoms with E-state index < -0.39 is 116 Å². The number of Topliss-reactive ketones (excluding diaryl/α,β-unsaturated/α-hetero) is 1. The van der Waals surface area contributed by atoms with Crippen molar-refractivity contribution in [2.75, 3.05) is 28.4 Å². The van der Waals surface area contributed by atoms with Crippen molar-refractivity contribution in [2.24, 2.45) is 28.6 Å². The molecule has 74 heavy (non-hydrogen) atoms. The fourth-order valence-corrected chi connectivity index (χ4v) is 15.8. The number of ketones is 1. The van der Waals surface area contributed by atoms with Gasteiger partial charge in [-0.3, -0.25) is 4.79 Å². The lowest BCUT2D eigenvalue weighted by molar-refractivity contribution is -0.351. The molecule has 0 amide bonds. The van der Waals surface area contributed by atoms with Gasteiger partial charge in [0, 0.05) is 85.2 Å². The lowest BCUT2D eigenvalue weighted by Crippen LogP contribution is -2.58. The summed E-state index contributed by atoms with van der Waals surface area (Å²) in [5, 5.41) is 21.6. The SMILES string of the molecule is CO[C@H]1C[C@H](O[C@H]2[C@@H](O)C[C@H](O[C@@H]3[C@@H](C)O[C@@H](O[C@@H]4[C@@H](C)O[C@@H](O[C@@H]5[C@@H](C)O[C@@H](O[C@H]6CC[C@@]7(C)[C@@H](CC[C@@]89O[C@@H](C)[C@@H]%10CCC(=O)[C@]%10(C)[C@@H](C[C@@H]87)O9)C6)C[C@H]5OC)C[C@H]4OC)C[C@H]3OC)O[C@@H]2C)O[C@H](C)[C@H]1O. The number of ether oxygens (including phenoxy) is 16. The number of aliphatic hydroxyl groups excluding tert-OH is 2. The van der Waals surface area contributed by atoms with Gasteiger partial charge < -0.3 is 86.0 Å². The summed E-state index contributed by atoms with van der Waals surface area (Å²) in [6.45, 7) is 16.2. The fourth-order valence-electron chi connectivity index (χ4n) is 15.8. The van der Waals surface area contributed by atoms with E-state index in [4.69, 9.17) is 75.8 Å². The molecular formula is C55H90O19. The van der Waals surface area contributed by atoms with Crippen LogP contribution in [0.2, 0.25) is 0 Å². The van der Waals surface area contributed by atoms with Crippen LogP contribution in [0.5, 0.6) is 0 Å². The van der Waals surface area contributed by atoms with Gasteiger partial charge in [-0.15, -0.1) is 0 Å². The van der Waals surface area contributed by atoms with Crippen molar-refractivity contribution in [3.8, 4) is 0 Å². The molecule has 10 rings (SSSR count). The maximum atomic E-state index is 13.4. The Morgan fingerprint density at radius 1 is 0.500 bits per heavy atom. The zero-order valence-corrected chi connectivity index (χ0v) is 46.0. The third-order valence-electron chi connectivity index (χ3n) is 20.1. The van der Waals surface area contributed by atoms with E-state index in [0.29, 0.717) is 43.8 Å². The Labute approximate surface area is 438 Å². The molecule has 1 spiro atoms. The molecule has 0 radical (unpaired) electrons. The van der Waals surface area contributed by atoms with Gasteiger partial charge in [-0.05, 0) is 98.3 Å². The molecule has 3 saturated carbocycles. The molecule has 0 aromatic heterocycles. The smallest absolute Gasteiger partial charge is 0.172 e. The van der Waals surface area contributed by atoms with E-state index >= 15 is 0 Å². The van der Waals surface area contributed by atoms with Gasteiger partial charge in [-0.25, -0.2) is 0 Å². The Morgan fingerprint density at radius 2 is 0.973 bits per heavy atom. The Morgan fingerprint density at radius 3 is 1.50 bits per heavy atom. The quantitative estimate of drug-likeness (QED) is 0.207. The van der Waals surface area contributed by atoms with Gasteiger partial charge in [0.05, 0.1) is 84.8 Å². The molecule has 10 aliphatic rings. The Hall–Kier alpha value is -1.05. The first kappa shape index (κ1) is 56.2. The summed E-state index contributed by atoms with van der Waals surface area (Å²) in [7, 11) is 6.56. The highest BCUT2D eigenvalue weighted by atomic mass is 16.8. The van der Waals surface area contributed by atoms with E-state index in [9.17, 15) is 15.0 Å². The second-order valence-electron chi connectivity index (χ2n) is 24.2. The number of hydrogen-bond donors (Lipinski definition) is 2. The highest BCUT2D eigenvalue weighted by Crippen LogP contribution is 2.67. The van der Waals surface area contributed by atoms with Gasteiger partial charge in [0.15, 0.2) is 37.2 Å². The van der Waals surface area contributed by atoms with E-state index in [1.165, 1.54) is 0 Å². The predicted molar refractivity (Wildman–Crippen MR) is 261 cm³/mol. The first-order valence-electron chi connectivity index (χ1n) is 28.2. The van der Waals surface area contributed by atoms with E-state index in [-0.39, 0.29) is 60.3 Å². The van der Waals surface area contributed by atoms with Crippen LogP contribution in [0.1, 0.15) is 139 Å². The third-order valence-corrected chi connectivity index (χ3v) is 20.1. The third kappa shape index (κ3) is 10.5. The zero-order valence-electron chi connectivity index (χ0n) is 46.0. The first-order valence-corrected chi connectivity index (χ1v) is 28.2. The Kier molecular flexibility index (Phi) is 17.1. The fraction of sp³-hybridized carbons (Fsp3) is 0.982. The van der Waals surface area contributed by atoms with Gasteiger partial charge in [0.1, 0.15) is 36.3 Å². The average Bonchev–Trinajstić information content (AvgIpc) is 3.89. The van der Waals surface area contributed by atoms with E-state index in [1.807, 2.05) is 27.7 Å². The highest BCUT2D eigenvalue weighted by molar-refractivity contribution is 5.88. The second-order valence-corrected chi connectivity index (χ2v) is 24.2. The molecular weight excluding hydrogens is 965 g/mol. The number of hydrogen-bond acceptors (Lipinski definition) is 19. The van der Waals surface area contributed by atoms with E-state index in [0.717, 1.165) is 44.9 Å². The molecule has 7 heterocycles. The molecule has 10 fully saturated rings. The second kappa shape index (κ2) is 22.5. The summed E-state index contributed by atoms with van der Waals surface area (Å²) in [4.78, 5) is 13.4. The lowest BCUT2D eigenvalue weighted by Gasteiger charge is -2.57. The van der Waals surface area contributed by atoms with Crippen molar-refractivity contribution in [2.45, 2.75) is 286 Å². The van der Waals surface area contributed by atoms with E-state index in [1.54, 1.807) is 35.4 Å². The Balaban J connectivity index is 0.687. The standard InChI is InChI=1S/C55H90O19/c1-26-34-13-14-41(57)54(34,8)42-25-40-53(7)17-16-33(19-32(53)15-18-55(40,73-26)74-42)68-44-22-37(60-10)51(29(4)65-44)71-47-24-39(62-12)52(31(6)67-47)72-46-23-38(61-11)50(30(5)66-46)70-43-20-35(56)49(28(3)64-43)69-45-21-36(59-9)48(58)27(2)63-45/h26-40,42-52,56,58H,13-25H2,1-12H3/t26-,27+,28+,29+,30+,31+,32-,33-,34-,35-,36-,37+,38+,39+,40+,42+,43-,44-,45-,46-,47-,48+,49+,50+,51+,52+,53-,54+,55-/m0/s1. The van der Waals surface area contributed by atoms with Gasteiger partial charge in [-0.1, -0.05) is 6.92 Å². The maximum absolute atomic E-state index is 13.4. The lowest BCUT2D eigenvalue weighted by atomic mass is 9.52. The first-order chi connectivity index (χ1) is 35.3. The summed E-state index contributed by atoms with van der Waals surface area (Å²) in [6.07, 6.45) is -1.70. The largest absolute Gasteiger partial charge is 0.390 e. The summed E-state index contributed by atoms with van der Waals surface area (Å²) in [5.41, 5.74) is -0.437. The van der Waals surface area contributed by atoms with Crippen LogP contribution in [0.3, 0.4) is 0 Å². The number of carbonyl (C=O) groups is 1. The van der Waals surface area contributed by atoms with Crippen LogP contribution in [-0.2, 0) is 80.6 Å². The number of rotatable bonds is 14. The average molecular weight is 1060 g/mol. The van der Waals surface area contributed by atoms with Crippen LogP contribution >= 0.6 is 0 Å². The van der Waals surface area contributed by atoms with Crippen molar-refractivity contribution in [3.05, 3.63) is 0 Å². The van der Waals surface area contributed by atoms with Gasteiger partial charge in [0.2, 0.25) is 0 Å². The van der Waals surface area contributed by atoms with Crippen LogP contribution in [-0.4, -0.2) is 192 Å². The number of methoxy groups -OCH3 is 4. The molecule has 2 bridgehead atoms. The van der Waals surface area contributed by atoms with Crippen molar-refractivity contribution >= 4 is 5.78 Å². The molecule has 0 aromatic rings. The topological polar surface area (TPSA) is 205 Å². The molecule has 7 aliphatic heterocycles. The molecule has 0 unspecified atom stereocenters. The summed E-state index contributed by atoms with van der Waals surface area (Å²) in [6, 6.07) is 0. The minimum atomic E-state index is -0.901. The maximum Gasteiger partial charge on any atom is 0.172 e. The molecule has 7 saturated heterocycles. The van der Waals surface area contributed by atoms with E-state index in [2.05, 4.69) is 20.8 Å². The van der Waals surface area contributed by atoms with Crippen LogP contribution in [0.15, 0.2) is 0 Å². The van der Waals surface area contributed by atoms with Gasteiger partial charge >= 0.3 is 0 Å². The van der Waals surface area contributed by atoms with Crippen LogP contribution < -0.4 is 0 Å². The molecule has 2 N–H and O–H groups in total.